The topological polar surface area (TPSA) is 37.8 Å². The van der Waals surface area contributed by atoms with Gasteiger partial charge in [-0.15, -0.1) is 0 Å². The molecule has 17 heavy (non-hydrogen) atoms. The maximum Gasteiger partial charge on any atom is 0.223 e. The molecule has 1 aromatic heterocycles. The van der Waals surface area contributed by atoms with E-state index in [0.717, 1.165) is 20.9 Å². The van der Waals surface area contributed by atoms with Crippen LogP contribution < -0.4 is 5.32 Å². The van der Waals surface area contributed by atoms with Crippen molar-refractivity contribution < 1.29 is 0 Å². The minimum Gasteiger partial charge on any atom is -0.354 e. The molecule has 0 radical (unpaired) electrons. The Kier molecular flexibility index (Phi) is 4.39. The molecule has 0 atom stereocenters. The van der Waals surface area contributed by atoms with E-state index in [1.807, 2.05) is 25.1 Å². The van der Waals surface area contributed by atoms with E-state index in [4.69, 9.17) is 0 Å². The van der Waals surface area contributed by atoms with Gasteiger partial charge in [0.15, 0.2) is 0 Å². The highest BCUT2D eigenvalue weighted by atomic mass is 79.9. The average Bonchev–Trinajstić information content (AvgIpc) is 2.33. The van der Waals surface area contributed by atoms with E-state index in [9.17, 15) is 0 Å². The predicted molar refractivity (Wildman–Crippen MR) is 74.5 cm³/mol. The molecule has 0 spiro atoms. The van der Waals surface area contributed by atoms with Gasteiger partial charge in [0.25, 0.3) is 0 Å². The lowest BCUT2D eigenvalue weighted by atomic mass is 10.4. The first-order valence-electron chi connectivity index (χ1n) is 5.28. The van der Waals surface area contributed by atoms with Gasteiger partial charge in [0.05, 0.1) is 0 Å². The van der Waals surface area contributed by atoms with E-state index in [2.05, 4.69) is 43.3 Å². The minimum absolute atomic E-state index is 0.676. The molecule has 0 aliphatic rings. The number of benzene rings is 1. The van der Waals surface area contributed by atoms with E-state index in [-0.39, 0.29) is 0 Å². The Labute approximate surface area is 113 Å². The summed E-state index contributed by atoms with van der Waals surface area (Å²) in [6.45, 7) is 2.85. The number of hydrogen-bond acceptors (Lipinski definition) is 4. The Morgan fingerprint density at radius 2 is 2.00 bits per heavy atom. The van der Waals surface area contributed by atoms with Crippen molar-refractivity contribution in [3.63, 3.8) is 0 Å². The third-order valence-electron chi connectivity index (χ3n) is 2.00. The highest BCUT2D eigenvalue weighted by Crippen LogP contribution is 2.27. The summed E-state index contributed by atoms with van der Waals surface area (Å²) in [5.41, 5.74) is 0. The largest absolute Gasteiger partial charge is 0.354 e. The van der Waals surface area contributed by atoms with Crippen molar-refractivity contribution in [3.8, 4) is 0 Å². The summed E-state index contributed by atoms with van der Waals surface area (Å²) in [5, 5.41) is 4.04. The van der Waals surface area contributed by atoms with E-state index in [1.165, 1.54) is 0 Å². The maximum absolute atomic E-state index is 4.41. The fourth-order valence-corrected chi connectivity index (χ4v) is 2.30. The van der Waals surface area contributed by atoms with Crippen LogP contribution in [0.3, 0.4) is 0 Å². The Hall–Kier alpha value is -1.07. The lowest BCUT2D eigenvalue weighted by Crippen LogP contribution is -2.01. The second-order valence-corrected chi connectivity index (χ2v) is 5.31. The van der Waals surface area contributed by atoms with Gasteiger partial charge >= 0.3 is 0 Å². The molecular formula is C12H12BrN3S. The highest BCUT2D eigenvalue weighted by molar-refractivity contribution is 9.10. The van der Waals surface area contributed by atoms with Crippen molar-refractivity contribution in [1.29, 1.82) is 0 Å². The average molecular weight is 310 g/mol. The van der Waals surface area contributed by atoms with Crippen molar-refractivity contribution in [3.05, 3.63) is 41.0 Å². The summed E-state index contributed by atoms with van der Waals surface area (Å²) in [4.78, 5) is 9.71. The molecule has 0 amide bonds. The van der Waals surface area contributed by atoms with E-state index < -0.39 is 0 Å². The first-order valence-corrected chi connectivity index (χ1v) is 6.89. The molecule has 0 unspecified atom stereocenters. The summed E-state index contributed by atoms with van der Waals surface area (Å²) in [5.74, 6) is 0.676. The van der Waals surface area contributed by atoms with Crippen LogP contribution in [0.25, 0.3) is 0 Å². The van der Waals surface area contributed by atoms with Crippen LogP contribution in [0, 0.1) is 0 Å². The standard InChI is InChI=1S/C12H12BrN3S/c1-2-14-12-15-8-7-11(16-12)17-10-5-3-9(13)4-6-10/h3-8H,2H2,1H3,(H,14,15,16). The second kappa shape index (κ2) is 6.02. The van der Waals surface area contributed by atoms with Crippen molar-refractivity contribution in [2.75, 3.05) is 11.9 Å². The zero-order chi connectivity index (χ0) is 12.1. The molecule has 5 heteroatoms. The zero-order valence-electron chi connectivity index (χ0n) is 9.35. The number of aromatic nitrogens is 2. The Balaban J connectivity index is 2.12. The monoisotopic (exact) mass is 309 g/mol. The van der Waals surface area contributed by atoms with Crippen LogP contribution in [-0.4, -0.2) is 16.5 Å². The number of anilines is 1. The molecule has 2 rings (SSSR count). The Morgan fingerprint density at radius 1 is 1.24 bits per heavy atom. The molecule has 2 aromatic rings. The normalized spacial score (nSPS) is 10.2. The van der Waals surface area contributed by atoms with E-state index in [1.54, 1.807) is 18.0 Å². The van der Waals surface area contributed by atoms with E-state index in [0.29, 0.717) is 5.95 Å². The van der Waals surface area contributed by atoms with Crippen LogP contribution in [0.5, 0.6) is 0 Å². The summed E-state index contributed by atoms with van der Waals surface area (Å²) in [6.07, 6.45) is 1.77. The van der Waals surface area contributed by atoms with Gasteiger partial charge in [0.1, 0.15) is 5.03 Å². The Bertz CT molecular complexity index is 487. The molecule has 0 bridgehead atoms. The molecule has 0 fully saturated rings. The molecule has 3 nitrogen and oxygen atoms in total. The predicted octanol–water partition coefficient (Wildman–Crippen LogP) is 3.82. The van der Waals surface area contributed by atoms with E-state index >= 15 is 0 Å². The molecule has 0 saturated heterocycles. The molecule has 0 saturated carbocycles. The smallest absolute Gasteiger partial charge is 0.223 e. The summed E-state index contributed by atoms with van der Waals surface area (Å²) >= 11 is 5.04. The molecule has 0 aliphatic carbocycles. The highest BCUT2D eigenvalue weighted by Gasteiger charge is 2.01. The lowest BCUT2D eigenvalue weighted by Gasteiger charge is -2.04. The van der Waals surface area contributed by atoms with Gasteiger partial charge in [-0.25, -0.2) is 9.97 Å². The molecule has 1 N–H and O–H groups in total. The number of hydrogen-bond donors (Lipinski definition) is 1. The van der Waals surface area contributed by atoms with Crippen LogP contribution in [-0.2, 0) is 0 Å². The van der Waals surface area contributed by atoms with Gasteiger partial charge in [-0.3, -0.25) is 0 Å². The fraction of sp³-hybridized carbons (Fsp3) is 0.167. The number of halogens is 1. The maximum atomic E-state index is 4.41. The molecule has 1 aromatic carbocycles. The van der Waals surface area contributed by atoms with Gasteiger partial charge in [0, 0.05) is 22.1 Å². The number of rotatable bonds is 4. The van der Waals surface area contributed by atoms with Gasteiger partial charge in [-0.2, -0.15) is 0 Å². The third kappa shape index (κ3) is 3.71. The van der Waals surface area contributed by atoms with Gasteiger partial charge < -0.3 is 5.32 Å². The van der Waals surface area contributed by atoms with Crippen LogP contribution in [0.4, 0.5) is 5.95 Å². The third-order valence-corrected chi connectivity index (χ3v) is 3.47. The second-order valence-electron chi connectivity index (χ2n) is 3.30. The van der Waals surface area contributed by atoms with Gasteiger partial charge in [-0.1, -0.05) is 27.7 Å². The molecule has 88 valence electrons. The first-order chi connectivity index (χ1) is 8.28. The van der Waals surface area contributed by atoms with Crippen LogP contribution in [0.1, 0.15) is 6.92 Å². The number of nitrogens with one attached hydrogen (secondary N) is 1. The van der Waals surface area contributed by atoms with Gasteiger partial charge in [0.2, 0.25) is 5.95 Å². The summed E-state index contributed by atoms with van der Waals surface area (Å²) in [7, 11) is 0. The summed E-state index contributed by atoms with van der Waals surface area (Å²) < 4.78 is 1.08. The van der Waals surface area contributed by atoms with Crippen molar-refractivity contribution in [2.24, 2.45) is 0 Å². The quantitative estimate of drug-likeness (QED) is 0.871. The summed E-state index contributed by atoms with van der Waals surface area (Å²) in [6, 6.07) is 10.1. The van der Waals surface area contributed by atoms with Crippen molar-refractivity contribution in [2.45, 2.75) is 16.8 Å². The molecule has 1 heterocycles. The molecular weight excluding hydrogens is 298 g/mol. The lowest BCUT2D eigenvalue weighted by molar-refractivity contribution is 1.01. The SMILES string of the molecule is CCNc1nccc(Sc2ccc(Br)cc2)n1. The van der Waals surface area contributed by atoms with Gasteiger partial charge in [-0.05, 0) is 37.3 Å². The first kappa shape index (κ1) is 12.4. The minimum atomic E-state index is 0.676. The van der Waals surface area contributed by atoms with Crippen molar-refractivity contribution >= 4 is 33.6 Å². The zero-order valence-corrected chi connectivity index (χ0v) is 11.8. The van der Waals surface area contributed by atoms with Crippen molar-refractivity contribution in [1.82, 2.24) is 9.97 Å². The Morgan fingerprint density at radius 3 is 2.71 bits per heavy atom. The number of nitrogens with zero attached hydrogens (tertiary/aromatic N) is 2. The fourth-order valence-electron chi connectivity index (χ4n) is 1.27. The molecule has 0 aliphatic heterocycles. The van der Waals surface area contributed by atoms with Crippen LogP contribution >= 0.6 is 27.7 Å². The van der Waals surface area contributed by atoms with Crippen LogP contribution in [0.15, 0.2) is 50.9 Å². The van der Waals surface area contributed by atoms with Crippen LogP contribution in [0.2, 0.25) is 0 Å².